The third-order valence-electron chi connectivity index (χ3n) is 11.7. The average molecular weight is 498 g/mol. The van der Waals surface area contributed by atoms with Gasteiger partial charge in [0.1, 0.15) is 0 Å². The lowest BCUT2D eigenvalue weighted by Crippen LogP contribution is -2.62. The predicted molar refractivity (Wildman–Crippen MR) is 138 cm³/mol. The molecule has 6 rings (SSSR count). The summed E-state index contributed by atoms with van der Waals surface area (Å²) in [5, 5.41) is 19.1. The maximum absolute atomic E-state index is 12.8. The molecule has 1 aromatic rings. The van der Waals surface area contributed by atoms with E-state index in [1.165, 1.54) is 6.07 Å². The fourth-order valence-electron chi connectivity index (χ4n) is 9.59. The molecule has 0 radical (unpaired) electrons. The molecular weight excluding hydrogens is 454 g/mol. The zero-order chi connectivity index (χ0) is 25.1. The number of hydrogen-bond donors (Lipinski definition) is 3. The van der Waals surface area contributed by atoms with Gasteiger partial charge in [-0.15, -0.1) is 0 Å². The fourth-order valence-corrected chi connectivity index (χ4v) is 9.59. The molecule has 198 valence electrons. The summed E-state index contributed by atoms with van der Waals surface area (Å²) in [5.41, 5.74) is 0.122. The summed E-state index contributed by atoms with van der Waals surface area (Å²) >= 11 is 0. The van der Waals surface area contributed by atoms with Gasteiger partial charge < -0.3 is 25.1 Å². The van der Waals surface area contributed by atoms with Crippen LogP contribution in [0.5, 0.6) is 0 Å². The molecule has 1 aliphatic heterocycles. The monoisotopic (exact) mass is 497 g/mol. The Bertz CT molecular complexity index is 1030. The van der Waals surface area contributed by atoms with E-state index in [1.807, 2.05) is 11.0 Å². The van der Waals surface area contributed by atoms with Gasteiger partial charge in [0.05, 0.1) is 11.9 Å². The van der Waals surface area contributed by atoms with Crippen LogP contribution in [0.1, 0.15) is 83.1 Å². The molecule has 8 unspecified atom stereocenters. The van der Waals surface area contributed by atoms with Gasteiger partial charge in [-0.1, -0.05) is 13.8 Å². The summed E-state index contributed by atoms with van der Waals surface area (Å²) in [5.74, 6) is 1.69. The van der Waals surface area contributed by atoms with Gasteiger partial charge in [0.2, 0.25) is 0 Å². The maximum atomic E-state index is 12.8. The number of piperazine rings is 1. The summed E-state index contributed by atoms with van der Waals surface area (Å²) in [4.78, 5) is 26.3. The summed E-state index contributed by atoms with van der Waals surface area (Å²) in [6.45, 7) is 8.12. The average Bonchev–Trinajstić information content (AvgIpc) is 3.16. The van der Waals surface area contributed by atoms with Crippen LogP contribution in [0.15, 0.2) is 27.6 Å². The van der Waals surface area contributed by atoms with Crippen LogP contribution in [0.25, 0.3) is 0 Å². The Labute approximate surface area is 214 Å². The number of nitrogens with zero attached hydrogens (tertiary/aromatic N) is 1. The molecular formula is C29H43N3O4. The van der Waals surface area contributed by atoms with Crippen molar-refractivity contribution in [1.82, 2.24) is 15.5 Å². The summed E-state index contributed by atoms with van der Waals surface area (Å²) in [6, 6.07) is 3.80. The van der Waals surface area contributed by atoms with Crippen LogP contribution in [-0.4, -0.2) is 53.9 Å². The summed E-state index contributed by atoms with van der Waals surface area (Å²) in [6.07, 6.45) is 11.0. The Balaban J connectivity index is 1.17. The van der Waals surface area contributed by atoms with Gasteiger partial charge >= 0.3 is 11.7 Å². The zero-order valence-corrected chi connectivity index (χ0v) is 21.9. The van der Waals surface area contributed by atoms with Gasteiger partial charge in [-0.3, -0.25) is 0 Å². The van der Waals surface area contributed by atoms with Gasteiger partial charge in [0, 0.05) is 43.7 Å². The lowest BCUT2D eigenvalue weighted by molar-refractivity contribution is -0.201. The number of aliphatic hydroxyl groups is 1. The van der Waals surface area contributed by atoms with E-state index in [0.29, 0.717) is 17.8 Å². The Kier molecular flexibility index (Phi) is 6.03. The second kappa shape index (κ2) is 8.87. The van der Waals surface area contributed by atoms with E-state index in [-0.39, 0.29) is 34.4 Å². The predicted octanol–water partition coefficient (Wildman–Crippen LogP) is 3.86. The smallest absolute Gasteiger partial charge is 0.335 e. The molecule has 2 heterocycles. The van der Waals surface area contributed by atoms with Crippen LogP contribution >= 0.6 is 0 Å². The van der Waals surface area contributed by atoms with Crippen LogP contribution in [0.3, 0.4) is 0 Å². The van der Waals surface area contributed by atoms with Crippen molar-refractivity contribution in [2.45, 2.75) is 89.2 Å². The third-order valence-corrected chi connectivity index (χ3v) is 11.7. The van der Waals surface area contributed by atoms with Crippen molar-refractivity contribution in [2.24, 2.45) is 28.6 Å². The molecule has 36 heavy (non-hydrogen) atoms. The Morgan fingerprint density at radius 2 is 1.86 bits per heavy atom. The summed E-state index contributed by atoms with van der Waals surface area (Å²) in [7, 11) is 0. The number of carbonyl (C=O) groups is 1. The maximum Gasteiger partial charge on any atom is 0.335 e. The number of nitrogens with one attached hydrogen (secondary N) is 2. The number of amides is 2. The van der Waals surface area contributed by atoms with Gasteiger partial charge in [-0.2, -0.15) is 0 Å². The van der Waals surface area contributed by atoms with Gasteiger partial charge in [-0.25, -0.2) is 9.59 Å². The lowest BCUT2D eigenvalue weighted by Gasteiger charge is -2.63. The summed E-state index contributed by atoms with van der Waals surface area (Å²) < 4.78 is 5.22. The van der Waals surface area contributed by atoms with E-state index in [4.69, 9.17) is 4.42 Å². The molecule has 0 aromatic carbocycles. The molecule has 7 heteroatoms. The van der Waals surface area contributed by atoms with Crippen molar-refractivity contribution in [3.05, 3.63) is 34.4 Å². The molecule has 2 amide bonds. The van der Waals surface area contributed by atoms with E-state index in [1.54, 1.807) is 6.26 Å². The molecule has 5 fully saturated rings. The number of rotatable bonds is 2. The van der Waals surface area contributed by atoms with Crippen molar-refractivity contribution in [2.75, 3.05) is 26.2 Å². The van der Waals surface area contributed by atoms with E-state index in [0.717, 1.165) is 89.5 Å². The van der Waals surface area contributed by atoms with Crippen molar-refractivity contribution < 1.29 is 14.3 Å². The topological polar surface area (TPSA) is 94.8 Å². The van der Waals surface area contributed by atoms with Crippen molar-refractivity contribution >= 4 is 6.03 Å². The first-order valence-corrected chi connectivity index (χ1v) is 14.3. The largest absolute Gasteiger partial charge is 0.431 e. The number of hydrogen-bond acceptors (Lipinski definition) is 5. The molecule has 7 nitrogen and oxygen atoms in total. The quantitative estimate of drug-likeness (QED) is 0.577. The lowest BCUT2D eigenvalue weighted by atomic mass is 9.43. The first kappa shape index (κ1) is 24.5. The van der Waals surface area contributed by atoms with Crippen LogP contribution in [0.4, 0.5) is 4.79 Å². The minimum atomic E-state index is -0.669. The Morgan fingerprint density at radius 3 is 2.61 bits per heavy atom. The van der Waals surface area contributed by atoms with Crippen molar-refractivity contribution in [1.29, 1.82) is 0 Å². The molecule has 5 aliphatic rings. The molecule has 4 saturated carbocycles. The standard InChI is InChI=1S/C29H43N3O4/c1-27-10-7-21(31-26(34)32-15-13-30-14-16-32)17-20(27)4-5-24-23(27)8-11-28(2)22(9-12-29(24,28)35)19-3-6-25(33)36-18-19/h3,6,18,20-24,30,35H,4-5,7-17H2,1-2H3,(H,31,34). The highest BCUT2D eigenvalue weighted by Gasteiger charge is 2.67. The first-order valence-electron chi connectivity index (χ1n) is 14.3. The second-order valence-corrected chi connectivity index (χ2v) is 13.0. The number of carbonyl (C=O) groups excluding carboxylic acids is 1. The number of fused-ring (bicyclic) bond motifs is 5. The van der Waals surface area contributed by atoms with E-state index >= 15 is 0 Å². The van der Waals surface area contributed by atoms with E-state index in [2.05, 4.69) is 24.5 Å². The van der Waals surface area contributed by atoms with E-state index < -0.39 is 5.60 Å². The first-order chi connectivity index (χ1) is 17.2. The SMILES string of the molecule is CC12CCC(NC(=O)N3CCNCC3)CC1CCC1C2CCC2(C)C(c3ccc(=O)oc3)CCC12O. The van der Waals surface area contributed by atoms with Crippen LogP contribution in [-0.2, 0) is 0 Å². The molecule has 0 spiro atoms. The van der Waals surface area contributed by atoms with Crippen molar-refractivity contribution in [3.8, 4) is 0 Å². The highest BCUT2D eigenvalue weighted by Crippen LogP contribution is 2.70. The zero-order valence-electron chi connectivity index (χ0n) is 21.9. The Hall–Kier alpha value is -1.86. The minimum Gasteiger partial charge on any atom is -0.431 e. The van der Waals surface area contributed by atoms with Crippen molar-refractivity contribution in [3.63, 3.8) is 0 Å². The minimum absolute atomic E-state index is 0.107. The molecule has 1 saturated heterocycles. The van der Waals surface area contributed by atoms with Gasteiger partial charge in [0.15, 0.2) is 0 Å². The third kappa shape index (κ3) is 3.67. The van der Waals surface area contributed by atoms with Gasteiger partial charge in [-0.05, 0) is 98.5 Å². The Morgan fingerprint density at radius 1 is 1.06 bits per heavy atom. The highest BCUT2D eigenvalue weighted by molar-refractivity contribution is 5.74. The van der Waals surface area contributed by atoms with Crippen LogP contribution in [0.2, 0.25) is 0 Å². The van der Waals surface area contributed by atoms with E-state index in [9.17, 15) is 14.7 Å². The second-order valence-electron chi connectivity index (χ2n) is 13.0. The molecule has 0 bridgehead atoms. The molecule has 1 aromatic heterocycles. The molecule has 4 aliphatic carbocycles. The van der Waals surface area contributed by atoms with Gasteiger partial charge in [0.25, 0.3) is 0 Å². The fraction of sp³-hybridized carbons (Fsp3) is 0.793. The van der Waals surface area contributed by atoms with Crippen LogP contribution < -0.4 is 16.3 Å². The highest BCUT2D eigenvalue weighted by atomic mass is 16.4. The van der Waals surface area contributed by atoms with Crippen LogP contribution in [0, 0.1) is 28.6 Å². The molecule has 3 N–H and O–H groups in total. The number of urea groups is 1. The normalized spacial score (nSPS) is 44.3. The molecule has 8 atom stereocenters.